The van der Waals surface area contributed by atoms with Gasteiger partial charge in [-0.1, -0.05) is 0 Å². The molecule has 3 rings (SSSR count). The highest BCUT2D eigenvalue weighted by Gasteiger charge is 2.19. The Bertz CT molecular complexity index is 619. The number of fused-ring (bicyclic) bond motifs is 1. The molecule has 0 unspecified atom stereocenters. The predicted octanol–water partition coefficient (Wildman–Crippen LogP) is 0.102. The van der Waals surface area contributed by atoms with E-state index in [1.165, 1.54) is 0 Å². The van der Waals surface area contributed by atoms with Gasteiger partial charge >= 0.3 is 0 Å². The Labute approximate surface area is 111 Å². The third-order valence-electron chi connectivity index (χ3n) is 3.44. The van der Waals surface area contributed by atoms with Crippen LogP contribution < -0.4 is 4.90 Å². The van der Waals surface area contributed by atoms with E-state index in [1.54, 1.807) is 17.2 Å². The van der Waals surface area contributed by atoms with Crippen LogP contribution in [0.4, 0.5) is 5.82 Å². The highest BCUT2D eigenvalue weighted by Crippen LogP contribution is 2.23. The van der Waals surface area contributed by atoms with Crippen molar-refractivity contribution < 1.29 is 0 Å². The molecule has 0 aromatic carbocycles. The topological polar surface area (TPSA) is 73.9 Å². The van der Waals surface area contributed by atoms with Crippen LogP contribution >= 0.6 is 0 Å². The molecule has 0 spiro atoms. The standard InChI is InChI=1S/C12H15N7/c1-17-4-6-18(7-5-17)11-10-8-16-19(3-2-13)12(10)15-9-14-11/h8-9H,3-7H2,1H3. The summed E-state index contributed by atoms with van der Waals surface area (Å²) in [5.74, 6) is 0.919. The van der Waals surface area contributed by atoms with Gasteiger partial charge in [0.1, 0.15) is 18.7 Å². The zero-order valence-corrected chi connectivity index (χ0v) is 10.8. The van der Waals surface area contributed by atoms with Crippen LogP contribution in [0.2, 0.25) is 0 Å². The Morgan fingerprint density at radius 3 is 2.79 bits per heavy atom. The fraction of sp³-hybridized carbons (Fsp3) is 0.500. The molecule has 0 aliphatic carbocycles. The van der Waals surface area contributed by atoms with Crippen molar-refractivity contribution in [3.05, 3.63) is 12.5 Å². The summed E-state index contributed by atoms with van der Waals surface area (Å²) in [6.45, 7) is 4.16. The summed E-state index contributed by atoms with van der Waals surface area (Å²) >= 11 is 0. The number of aromatic nitrogens is 4. The molecule has 2 aromatic rings. The van der Waals surface area contributed by atoms with E-state index in [0.717, 1.165) is 43.0 Å². The number of nitriles is 1. The normalized spacial score (nSPS) is 16.7. The third kappa shape index (κ3) is 2.11. The van der Waals surface area contributed by atoms with Crippen molar-refractivity contribution >= 4 is 16.9 Å². The summed E-state index contributed by atoms with van der Waals surface area (Å²) < 4.78 is 1.61. The van der Waals surface area contributed by atoms with Crippen LogP contribution in [-0.2, 0) is 6.54 Å². The molecule has 0 radical (unpaired) electrons. The highest BCUT2D eigenvalue weighted by molar-refractivity contribution is 5.86. The summed E-state index contributed by atoms with van der Waals surface area (Å²) in [5, 5.41) is 13.9. The van der Waals surface area contributed by atoms with Gasteiger partial charge in [0.25, 0.3) is 0 Å². The van der Waals surface area contributed by atoms with Crippen molar-refractivity contribution in [2.24, 2.45) is 0 Å². The lowest BCUT2D eigenvalue weighted by atomic mass is 10.3. The zero-order chi connectivity index (χ0) is 13.2. The maximum Gasteiger partial charge on any atom is 0.164 e. The predicted molar refractivity (Wildman–Crippen MR) is 70.6 cm³/mol. The van der Waals surface area contributed by atoms with Crippen LogP contribution in [0, 0.1) is 11.3 Å². The molecule has 1 saturated heterocycles. The first-order valence-corrected chi connectivity index (χ1v) is 6.26. The van der Waals surface area contributed by atoms with E-state index in [-0.39, 0.29) is 6.54 Å². The van der Waals surface area contributed by atoms with Crippen molar-refractivity contribution in [1.29, 1.82) is 5.26 Å². The second kappa shape index (κ2) is 4.82. The minimum atomic E-state index is 0.211. The number of hydrogen-bond acceptors (Lipinski definition) is 6. The van der Waals surface area contributed by atoms with Gasteiger partial charge in [0.15, 0.2) is 5.65 Å². The van der Waals surface area contributed by atoms with E-state index in [9.17, 15) is 0 Å². The smallest absolute Gasteiger partial charge is 0.164 e. The summed E-state index contributed by atoms with van der Waals surface area (Å²) in [7, 11) is 2.12. The van der Waals surface area contributed by atoms with E-state index in [1.807, 2.05) is 0 Å². The van der Waals surface area contributed by atoms with E-state index in [0.29, 0.717) is 0 Å². The van der Waals surface area contributed by atoms with Crippen molar-refractivity contribution in [3.63, 3.8) is 0 Å². The van der Waals surface area contributed by atoms with Crippen LogP contribution in [0.15, 0.2) is 12.5 Å². The molecular formula is C12H15N7. The molecule has 19 heavy (non-hydrogen) atoms. The molecule has 0 amide bonds. The van der Waals surface area contributed by atoms with Gasteiger partial charge in [-0.15, -0.1) is 0 Å². The number of hydrogen-bond donors (Lipinski definition) is 0. The van der Waals surface area contributed by atoms with Crippen LogP contribution in [0.25, 0.3) is 11.0 Å². The molecule has 3 heterocycles. The summed E-state index contributed by atoms with van der Waals surface area (Å²) in [6, 6.07) is 2.09. The monoisotopic (exact) mass is 257 g/mol. The van der Waals surface area contributed by atoms with Gasteiger partial charge in [0.05, 0.1) is 17.7 Å². The summed E-state index contributed by atoms with van der Waals surface area (Å²) in [4.78, 5) is 13.2. The van der Waals surface area contributed by atoms with Gasteiger partial charge in [-0.05, 0) is 7.05 Å². The second-order valence-corrected chi connectivity index (χ2v) is 4.69. The second-order valence-electron chi connectivity index (χ2n) is 4.69. The molecule has 7 nitrogen and oxygen atoms in total. The first kappa shape index (κ1) is 11.9. The molecule has 1 fully saturated rings. The minimum Gasteiger partial charge on any atom is -0.353 e. The molecular weight excluding hydrogens is 242 g/mol. The molecule has 0 atom stereocenters. The maximum absolute atomic E-state index is 8.77. The molecule has 7 heteroatoms. The lowest BCUT2D eigenvalue weighted by Crippen LogP contribution is -2.44. The Morgan fingerprint density at radius 1 is 1.26 bits per heavy atom. The van der Waals surface area contributed by atoms with Crippen LogP contribution in [0.5, 0.6) is 0 Å². The molecule has 0 saturated carbocycles. The van der Waals surface area contributed by atoms with E-state index >= 15 is 0 Å². The number of rotatable bonds is 2. The minimum absolute atomic E-state index is 0.211. The average molecular weight is 257 g/mol. The number of nitrogens with zero attached hydrogens (tertiary/aromatic N) is 7. The highest BCUT2D eigenvalue weighted by atomic mass is 15.3. The largest absolute Gasteiger partial charge is 0.353 e. The molecule has 1 aliphatic rings. The Morgan fingerprint density at radius 2 is 2.05 bits per heavy atom. The molecule has 0 bridgehead atoms. The van der Waals surface area contributed by atoms with Crippen LogP contribution in [0.3, 0.4) is 0 Å². The molecule has 0 N–H and O–H groups in total. The number of piperazine rings is 1. The average Bonchev–Trinajstić information content (AvgIpc) is 2.84. The van der Waals surface area contributed by atoms with Gasteiger partial charge in [0, 0.05) is 26.2 Å². The fourth-order valence-corrected chi connectivity index (χ4v) is 2.33. The molecule has 2 aromatic heterocycles. The zero-order valence-electron chi connectivity index (χ0n) is 10.8. The van der Waals surface area contributed by atoms with Crippen molar-refractivity contribution in [2.75, 3.05) is 38.1 Å². The first-order chi connectivity index (χ1) is 9.29. The van der Waals surface area contributed by atoms with Gasteiger partial charge in [-0.3, -0.25) is 0 Å². The number of anilines is 1. The van der Waals surface area contributed by atoms with Gasteiger partial charge in [-0.25, -0.2) is 14.6 Å². The maximum atomic E-state index is 8.77. The van der Waals surface area contributed by atoms with Gasteiger partial charge in [-0.2, -0.15) is 10.4 Å². The first-order valence-electron chi connectivity index (χ1n) is 6.26. The number of likely N-dealkylation sites (N-methyl/N-ethyl adjacent to an activating group) is 1. The van der Waals surface area contributed by atoms with Gasteiger partial charge in [0.2, 0.25) is 0 Å². The SMILES string of the molecule is CN1CCN(c2ncnc3c2cnn3CC#N)CC1. The fourth-order valence-electron chi connectivity index (χ4n) is 2.33. The van der Waals surface area contributed by atoms with Crippen LogP contribution in [0.1, 0.15) is 0 Å². The van der Waals surface area contributed by atoms with Crippen molar-refractivity contribution in [3.8, 4) is 6.07 Å². The molecule has 98 valence electrons. The van der Waals surface area contributed by atoms with Crippen LogP contribution in [-0.4, -0.2) is 57.9 Å². The summed E-state index contributed by atoms with van der Waals surface area (Å²) in [6.07, 6.45) is 3.30. The van der Waals surface area contributed by atoms with E-state index < -0.39 is 0 Å². The quantitative estimate of drug-likeness (QED) is 0.759. The van der Waals surface area contributed by atoms with Crippen molar-refractivity contribution in [2.45, 2.75) is 6.54 Å². The summed E-state index contributed by atoms with van der Waals surface area (Å²) in [5.41, 5.74) is 0.727. The lowest BCUT2D eigenvalue weighted by molar-refractivity contribution is 0.312. The van der Waals surface area contributed by atoms with Crippen molar-refractivity contribution in [1.82, 2.24) is 24.6 Å². The Kier molecular flexibility index (Phi) is 3.01. The lowest BCUT2D eigenvalue weighted by Gasteiger charge is -2.33. The molecule has 1 aliphatic heterocycles. The third-order valence-corrected chi connectivity index (χ3v) is 3.44. The van der Waals surface area contributed by atoms with E-state index in [2.05, 4.69) is 38.0 Å². The van der Waals surface area contributed by atoms with Gasteiger partial charge < -0.3 is 9.80 Å². The Hall–Kier alpha value is -2.20. The Balaban J connectivity index is 1.98. The van der Waals surface area contributed by atoms with E-state index in [4.69, 9.17) is 5.26 Å².